The summed E-state index contributed by atoms with van der Waals surface area (Å²) in [5, 5.41) is 2.65. The van der Waals surface area contributed by atoms with E-state index in [1.54, 1.807) is 24.3 Å². The van der Waals surface area contributed by atoms with Gasteiger partial charge in [-0.15, -0.1) is 0 Å². The molecule has 6 nitrogen and oxygen atoms in total. The van der Waals surface area contributed by atoms with Crippen molar-refractivity contribution in [2.24, 2.45) is 0 Å². The fraction of sp³-hybridized carbons (Fsp3) is 0.381. The number of nitrogens with one attached hydrogen (secondary N) is 1. The van der Waals surface area contributed by atoms with Crippen molar-refractivity contribution >= 4 is 21.6 Å². The number of carbonyl (C=O) groups excluding carboxylic acids is 1. The summed E-state index contributed by atoms with van der Waals surface area (Å²) in [5.74, 6) is 0.740. The van der Waals surface area contributed by atoms with E-state index >= 15 is 0 Å². The number of rotatable bonds is 3. The number of nitrogens with zero attached hydrogens (tertiary/aromatic N) is 1. The molecule has 1 N–H and O–H groups in total. The number of benzene rings is 2. The maximum Gasteiger partial charge on any atom is 0.243 e. The number of anilines is 1. The summed E-state index contributed by atoms with van der Waals surface area (Å²) in [4.78, 5) is 11.4. The molecular formula is C21H24N2O4S. The SMILES string of the molecule is CC(=O)Nc1ccc(S(=O)(=O)N2CCC3(CCc4ccccc4O3)CC2)cc1. The van der Waals surface area contributed by atoms with Crippen LogP contribution in [-0.2, 0) is 21.2 Å². The highest BCUT2D eigenvalue weighted by Gasteiger charge is 2.42. The van der Waals surface area contributed by atoms with E-state index in [0.717, 1.165) is 18.6 Å². The van der Waals surface area contributed by atoms with E-state index in [0.29, 0.717) is 31.6 Å². The molecule has 1 fully saturated rings. The molecule has 0 aliphatic carbocycles. The Kier molecular flexibility index (Phi) is 4.89. The molecule has 2 aliphatic heterocycles. The van der Waals surface area contributed by atoms with Crippen LogP contribution in [0.4, 0.5) is 5.69 Å². The van der Waals surface area contributed by atoms with Crippen molar-refractivity contribution in [3.8, 4) is 5.75 Å². The first-order chi connectivity index (χ1) is 13.4. The van der Waals surface area contributed by atoms with Crippen LogP contribution in [0.3, 0.4) is 0 Å². The number of fused-ring (bicyclic) bond motifs is 1. The zero-order valence-corrected chi connectivity index (χ0v) is 16.7. The summed E-state index contributed by atoms with van der Waals surface area (Å²) in [6.07, 6.45) is 3.26. The molecule has 1 saturated heterocycles. The van der Waals surface area contributed by atoms with Crippen molar-refractivity contribution in [3.63, 3.8) is 0 Å². The molecule has 0 saturated carbocycles. The van der Waals surface area contributed by atoms with Gasteiger partial charge in [0.15, 0.2) is 0 Å². The number of hydrogen-bond donors (Lipinski definition) is 1. The molecule has 0 radical (unpaired) electrons. The highest BCUT2D eigenvalue weighted by atomic mass is 32.2. The predicted molar refractivity (Wildman–Crippen MR) is 107 cm³/mol. The smallest absolute Gasteiger partial charge is 0.243 e. The lowest BCUT2D eigenvalue weighted by molar-refractivity contribution is -0.114. The lowest BCUT2D eigenvalue weighted by Gasteiger charge is -2.44. The number of piperidine rings is 1. The highest BCUT2D eigenvalue weighted by Crippen LogP contribution is 2.40. The van der Waals surface area contributed by atoms with Gasteiger partial charge in [0.1, 0.15) is 11.4 Å². The number of hydrogen-bond acceptors (Lipinski definition) is 4. The Morgan fingerprint density at radius 2 is 1.71 bits per heavy atom. The van der Waals surface area contributed by atoms with Crippen LogP contribution in [0.15, 0.2) is 53.4 Å². The monoisotopic (exact) mass is 400 g/mol. The van der Waals surface area contributed by atoms with Gasteiger partial charge in [0, 0.05) is 38.5 Å². The van der Waals surface area contributed by atoms with Crippen molar-refractivity contribution < 1.29 is 17.9 Å². The topological polar surface area (TPSA) is 75.7 Å². The summed E-state index contributed by atoms with van der Waals surface area (Å²) < 4.78 is 33.8. The van der Waals surface area contributed by atoms with E-state index in [1.807, 2.05) is 18.2 Å². The Morgan fingerprint density at radius 1 is 1.04 bits per heavy atom. The van der Waals surface area contributed by atoms with Crippen LogP contribution < -0.4 is 10.1 Å². The molecule has 7 heteroatoms. The minimum absolute atomic E-state index is 0.189. The summed E-state index contributed by atoms with van der Waals surface area (Å²) in [6, 6.07) is 14.4. The summed E-state index contributed by atoms with van der Waals surface area (Å²) in [6.45, 7) is 2.30. The Balaban J connectivity index is 1.45. The fourth-order valence-corrected chi connectivity index (χ4v) is 5.45. The van der Waals surface area contributed by atoms with E-state index in [2.05, 4.69) is 11.4 Å². The standard InChI is InChI=1S/C21H24N2O4S/c1-16(24)22-18-6-8-19(9-7-18)28(25,26)23-14-12-21(13-15-23)11-10-17-4-2-3-5-20(17)27-21/h2-9H,10-15H2,1H3,(H,22,24). The van der Waals surface area contributed by atoms with Gasteiger partial charge >= 0.3 is 0 Å². The minimum Gasteiger partial charge on any atom is -0.487 e. The van der Waals surface area contributed by atoms with Gasteiger partial charge in [-0.3, -0.25) is 4.79 Å². The van der Waals surface area contributed by atoms with Crippen LogP contribution in [0.5, 0.6) is 5.75 Å². The van der Waals surface area contributed by atoms with Gasteiger partial charge in [-0.1, -0.05) is 18.2 Å². The second-order valence-corrected chi connectivity index (χ2v) is 9.44. The molecule has 2 aromatic rings. The molecule has 0 atom stereocenters. The molecule has 2 aromatic carbocycles. The summed E-state index contributed by atoms with van der Waals surface area (Å²) >= 11 is 0. The van der Waals surface area contributed by atoms with Crippen LogP contribution in [0, 0.1) is 0 Å². The molecule has 2 aliphatic rings. The van der Waals surface area contributed by atoms with E-state index in [-0.39, 0.29) is 16.4 Å². The lowest BCUT2D eigenvalue weighted by Crippen LogP contribution is -2.51. The van der Waals surface area contributed by atoms with Gasteiger partial charge in [-0.25, -0.2) is 8.42 Å². The van der Waals surface area contributed by atoms with Crippen LogP contribution in [0.2, 0.25) is 0 Å². The molecule has 0 bridgehead atoms. The Morgan fingerprint density at radius 3 is 2.39 bits per heavy atom. The predicted octanol–water partition coefficient (Wildman–Crippen LogP) is 3.19. The zero-order chi connectivity index (χ0) is 19.8. The zero-order valence-electron chi connectivity index (χ0n) is 15.8. The van der Waals surface area contributed by atoms with Crippen molar-refractivity contribution in [2.45, 2.75) is 43.1 Å². The molecular weight excluding hydrogens is 376 g/mol. The molecule has 28 heavy (non-hydrogen) atoms. The Labute approximate surface area is 165 Å². The van der Waals surface area contributed by atoms with Crippen molar-refractivity contribution in [2.75, 3.05) is 18.4 Å². The van der Waals surface area contributed by atoms with Gasteiger partial charge in [0.25, 0.3) is 0 Å². The number of para-hydroxylation sites is 1. The highest BCUT2D eigenvalue weighted by molar-refractivity contribution is 7.89. The van der Waals surface area contributed by atoms with Crippen molar-refractivity contribution in [3.05, 3.63) is 54.1 Å². The van der Waals surface area contributed by atoms with Crippen molar-refractivity contribution in [1.82, 2.24) is 4.31 Å². The third-order valence-corrected chi connectivity index (χ3v) is 7.51. The van der Waals surface area contributed by atoms with E-state index < -0.39 is 10.0 Å². The number of ether oxygens (including phenoxy) is 1. The average Bonchev–Trinajstić information content (AvgIpc) is 2.68. The quantitative estimate of drug-likeness (QED) is 0.859. The maximum atomic E-state index is 13.0. The minimum atomic E-state index is -3.56. The normalized spacial score (nSPS) is 18.9. The second kappa shape index (κ2) is 7.22. The van der Waals surface area contributed by atoms with Gasteiger partial charge in [0.2, 0.25) is 15.9 Å². The molecule has 1 spiro atoms. The fourth-order valence-electron chi connectivity index (χ4n) is 4.01. The van der Waals surface area contributed by atoms with Crippen molar-refractivity contribution in [1.29, 1.82) is 0 Å². The Hall–Kier alpha value is -2.38. The van der Waals surface area contributed by atoms with E-state index in [4.69, 9.17) is 4.74 Å². The van der Waals surface area contributed by atoms with Crippen LogP contribution >= 0.6 is 0 Å². The number of sulfonamides is 1. The van der Waals surface area contributed by atoms with Crippen LogP contribution in [0.1, 0.15) is 31.7 Å². The molecule has 0 aromatic heterocycles. The molecule has 2 heterocycles. The number of amides is 1. The second-order valence-electron chi connectivity index (χ2n) is 7.50. The van der Waals surface area contributed by atoms with Gasteiger partial charge < -0.3 is 10.1 Å². The lowest BCUT2D eigenvalue weighted by atomic mass is 9.84. The average molecular weight is 401 g/mol. The van der Waals surface area contributed by atoms with Gasteiger partial charge in [0.05, 0.1) is 4.90 Å². The van der Waals surface area contributed by atoms with Gasteiger partial charge in [-0.05, 0) is 48.7 Å². The van der Waals surface area contributed by atoms with E-state index in [1.165, 1.54) is 16.8 Å². The first-order valence-electron chi connectivity index (χ1n) is 9.53. The van der Waals surface area contributed by atoms with Gasteiger partial charge in [-0.2, -0.15) is 4.31 Å². The number of carbonyl (C=O) groups is 1. The molecule has 0 unspecified atom stereocenters. The van der Waals surface area contributed by atoms with Crippen LogP contribution in [-0.4, -0.2) is 37.3 Å². The summed E-state index contributed by atoms with van der Waals surface area (Å²) in [5.41, 5.74) is 1.54. The largest absolute Gasteiger partial charge is 0.487 e. The van der Waals surface area contributed by atoms with E-state index in [9.17, 15) is 13.2 Å². The molecule has 1 amide bonds. The molecule has 148 valence electrons. The maximum absolute atomic E-state index is 13.0. The Bertz CT molecular complexity index is 978. The van der Waals surface area contributed by atoms with Crippen LogP contribution in [0.25, 0.3) is 0 Å². The summed E-state index contributed by atoms with van der Waals surface area (Å²) in [7, 11) is -3.56. The third-order valence-electron chi connectivity index (χ3n) is 5.60. The number of aryl methyl sites for hydroxylation is 1. The first-order valence-corrected chi connectivity index (χ1v) is 11.0. The molecule has 4 rings (SSSR count). The third kappa shape index (κ3) is 3.64. The first kappa shape index (κ1) is 19.0.